The van der Waals surface area contributed by atoms with Crippen molar-refractivity contribution in [1.29, 1.82) is 0 Å². The number of rotatable bonds is 3. The van der Waals surface area contributed by atoms with Crippen molar-refractivity contribution in [1.82, 2.24) is 10.2 Å². The van der Waals surface area contributed by atoms with Crippen LogP contribution in [0.5, 0.6) is 0 Å². The first kappa shape index (κ1) is 15.1. The predicted molar refractivity (Wildman–Crippen MR) is 76.5 cm³/mol. The minimum absolute atomic E-state index is 0.0936. The van der Waals surface area contributed by atoms with Crippen LogP contribution >= 0.6 is 0 Å². The van der Waals surface area contributed by atoms with Crippen molar-refractivity contribution in [2.75, 3.05) is 7.05 Å². The van der Waals surface area contributed by atoms with Gasteiger partial charge in [-0.3, -0.25) is 29.9 Å². The number of hydrogen-bond acceptors (Lipinski definition) is 5. The van der Waals surface area contributed by atoms with Gasteiger partial charge in [0.1, 0.15) is 5.57 Å². The second-order valence-corrected chi connectivity index (χ2v) is 4.38. The van der Waals surface area contributed by atoms with Gasteiger partial charge >= 0.3 is 6.03 Å². The number of nitro benzene ring substituents is 1. The largest absolute Gasteiger partial charge is 0.331 e. The number of allylic oxidation sites excluding steroid dienone is 2. The zero-order valence-corrected chi connectivity index (χ0v) is 11.5. The summed E-state index contributed by atoms with van der Waals surface area (Å²) < 4.78 is 0. The third kappa shape index (κ3) is 2.90. The quantitative estimate of drug-likeness (QED) is 0.391. The fourth-order valence-corrected chi connectivity index (χ4v) is 1.81. The summed E-state index contributed by atoms with van der Waals surface area (Å²) in [5.41, 5.74) is 0.0123. The summed E-state index contributed by atoms with van der Waals surface area (Å²) in [7, 11) is 1.24. The number of benzene rings is 1. The Morgan fingerprint density at radius 1 is 1.23 bits per heavy atom. The second kappa shape index (κ2) is 6.00. The Balaban J connectivity index is 2.28. The van der Waals surface area contributed by atoms with Crippen LogP contribution in [0.15, 0.2) is 42.0 Å². The summed E-state index contributed by atoms with van der Waals surface area (Å²) in [6, 6.07) is 5.25. The number of likely N-dealkylation sites (N-methyl/N-ethyl adjacent to an activating group) is 1. The first-order valence-corrected chi connectivity index (χ1v) is 6.17. The van der Waals surface area contributed by atoms with E-state index in [1.165, 1.54) is 43.5 Å². The number of para-hydroxylation sites is 1. The molecule has 22 heavy (non-hydrogen) atoms. The van der Waals surface area contributed by atoms with Crippen molar-refractivity contribution in [2.45, 2.75) is 0 Å². The van der Waals surface area contributed by atoms with Crippen LogP contribution in [0.25, 0.3) is 6.08 Å². The monoisotopic (exact) mass is 301 g/mol. The van der Waals surface area contributed by atoms with Crippen LogP contribution in [-0.2, 0) is 9.59 Å². The number of carbonyl (C=O) groups is 3. The first-order valence-electron chi connectivity index (χ1n) is 6.17. The van der Waals surface area contributed by atoms with Gasteiger partial charge in [0.25, 0.3) is 17.5 Å². The van der Waals surface area contributed by atoms with Gasteiger partial charge in [-0.05, 0) is 18.2 Å². The van der Waals surface area contributed by atoms with Gasteiger partial charge in [-0.1, -0.05) is 18.2 Å². The molecule has 2 rings (SSSR count). The summed E-state index contributed by atoms with van der Waals surface area (Å²) >= 11 is 0. The number of carbonyl (C=O) groups excluding carboxylic acids is 3. The molecule has 0 bridgehead atoms. The number of amides is 4. The number of urea groups is 1. The average Bonchev–Trinajstić information content (AvgIpc) is 2.48. The van der Waals surface area contributed by atoms with Gasteiger partial charge in [-0.2, -0.15) is 0 Å². The van der Waals surface area contributed by atoms with Crippen molar-refractivity contribution in [3.63, 3.8) is 0 Å². The van der Waals surface area contributed by atoms with Crippen molar-refractivity contribution in [3.8, 4) is 0 Å². The van der Waals surface area contributed by atoms with Crippen LogP contribution in [0, 0.1) is 10.1 Å². The third-order valence-electron chi connectivity index (χ3n) is 2.98. The minimum Gasteiger partial charge on any atom is -0.273 e. The molecular weight excluding hydrogens is 290 g/mol. The lowest BCUT2D eigenvalue weighted by atomic mass is 10.1. The molecule has 1 heterocycles. The smallest absolute Gasteiger partial charge is 0.273 e. The van der Waals surface area contributed by atoms with E-state index in [9.17, 15) is 24.5 Å². The number of nitrogens with one attached hydrogen (secondary N) is 1. The number of hydrogen-bond donors (Lipinski definition) is 1. The maximum Gasteiger partial charge on any atom is 0.331 e. The number of nitro groups is 1. The summed E-state index contributed by atoms with van der Waals surface area (Å²) in [4.78, 5) is 45.7. The number of nitrogens with zero attached hydrogens (tertiary/aromatic N) is 2. The lowest BCUT2D eigenvalue weighted by Gasteiger charge is -2.21. The Hall–Kier alpha value is -3.29. The molecule has 1 aliphatic heterocycles. The Morgan fingerprint density at radius 2 is 1.91 bits per heavy atom. The standard InChI is InChI=1S/C14H11N3O5/c1-16-13(19)10(12(18)15-14(16)20)7-4-6-9-5-2-3-8-11(9)17(21)22/h2-8H,1H3,(H,15,18,20). The molecule has 0 unspecified atom stereocenters. The van der Waals surface area contributed by atoms with Crippen LogP contribution in [-0.4, -0.2) is 34.7 Å². The van der Waals surface area contributed by atoms with Crippen LogP contribution in [0.2, 0.25) is 0 Å². The molecule has 4 amide bonds. The molecule has 0 spiro atoms. The molecule has 0 saturated carbocycles. The fraction of sp³-hybridized carbons (Fsp3) is 0.0714. The Labute approximate surface area is 124 Å². The molecule has 1 saturated heterocycles. The SMILES string of the molecule is CN1C(=O)NC(=O)C(=CC=Cc2ccccc2[N+](=O)[O-])C1=O. The summed E-state index contributed by atoms with van der Waals surface area (Å²) in [6.07, 6.45) is 3.96. The molecule has 112 valence electrons. The second-order valence-electron chi connectivity index (χ2n) is 4.38. The predicted octanol–water partition coefficient (Wildman–Crippen LogP) is 1.24. The maximum absolute atomic E-state index is 11.8. The van der Waals surface area contributed by atoms with Gasteiger partial charge in [0.15, 0.2) is 0 Å². The zero-order valence-electron chi connectivity index (χ0n) is 11.5. The Kier molecular flexibility index (Phi) is 4.12. The molecule has 1 aliphatic rings. The highest BCUT2D eigenvalue weighted by atomic mass is 16.6. The van der Waals surface area contributed by atoms with E-state index in [0.717, 1.165) is 4.90 Å². The van der Waals surface area contributed by atoms with Crippen molar-refractivity contribution in [2.24, 2.45) is 0 Å². The molecule has 1 aromatic carbocycles. The van der Waals surface area contributed by atoms with Crippen molar-refractivity contribution >= 4 is 29.6 Å². The summed E-state index contributed by atoms with van der Waals surface area (Å²) in [5, 5.41) is 12.9. The molecule has 1 fully saturated rings. The van der Waals surface area contributed by atoms with Crippen LogP contribution in [0.4, 0.5) is 10.5 Å². The average molecular weight is 301 g/mol. The number of imide groups is 2. The van der Waals surface area contributed by atoms with Gasteiger partial charge in [0, 0.05) is 13.1 Å². The van der Waals surface area contributed by atoms with Gasteiger partial charge < -0.3 is 0 Å². The van der Waals surface area contributed by atoms with E-state index < -0.39 is 22.8 Å². The third-order valence-corrected chi connectivity index (χ3v) is 2.98. The van der Waals surface area contributed by atoms with E-state index in [0.29, 0.717) is 5.56 Å². The zero-order chi connectivity index (χ0) is 16.3. The molecule has 0 atom stereocenters. The molecule has 1 aromatic rings. The normalized spacial score (nSPS) is 17.2. The molecule has 0 radical (unpaired) electrons. The highest BCUT2D eigenvalue weighted by Gasteiger charge is 2.32. The highest BCUT2D eigenvalue weighted by Crippen LogP contribution is 2.19. The van der Waals surface area contributed by atoms with Crippen LogP contribution < -0.4 is 5.32 Å². The lowest BCUT2D eigenvalue weighted by molar-refractivity contribution is -0.385. The topological polar surface area (TPSA) is 110 Å². The summed E-state index contributed by atoms with van der Waals surface area (Å²) in [6.45, 7) is 0. The lowest BCUT2D eigenvalue weighted by Crippen LogP contribution is -2.52. The molecule has 0 aromatic heterocycles. The molecule has 0 aliphatic carbocycles. The Bertz CT molecular complexity index is 736. The maximum atomic E-state index is 11.8. The van der Waals surface area contributed by atoms with E-state index in [2.05, 4.69) is 0 Å². The van der Waals surface area contributed by atoms with Gasteiger partial charge in [-0.25, -0.2) is 4.79 Å². The van der Waals surface area contributed by atoms with Gasteiger partial charge in [-0.15, -0.1) is 0 Å². The van der Waals surface area contributed by atoms with E-state index >= 15 is 0 Å². The summed E-state index contributed by atoms with van der Waals surface area (Å²) in [5.74, 6) is -1.54. The molecular formula is C14H11N3O5. The molecule has 8 nitrogen and oxygen atoms in total. The van der Waals surface area contributed by atoms with Crippen molar-refractivity contribution in [3.05, 3.63) is 57.7 Å². The van der Waals surface area contributed by atoms with E-state index in [1.807, 2.05) is 5.32 Å². The van der Waals surface area contributed by atoms with E-state index in [1.54, 1.807) is 6.07 Å². The van der Waals surface area contributed by atoms with Crippen molar-refractivity contribution < 1.29 is 19.3 Å². The van der Waals surface area contributed by atoms with Crippen LogP contribution in [0.3, 0.4) is 0 Å². The molecule has 8 heteroatoms. The van der Waals surface area contributed by atoms with E-state index in [4.69, 9.17) is 0 Å². The minimum atomic E-state index is -0.805. The highest BCUT2D eigenvalue weighted by molar-refractivity contribution is 6.28. The Morgan fingerprint density at radius 3 is 2.59 bits per heavy atom. The molecule has 1 N–H and O–H groups in total. The van der Waals surface area contributed by atoms with Crippen LogP contribution in [0.1, 0.15) is 5.56 Å². The van der Waals surface area contributed by atoms with Gasteiger partial charge in [0.05, 0.1) is 10.5 Å². The van der Waals surface area contributed by atoms with Gasteiger partial charge in [0.2, 0.25) is 0 Å². The van der Waals surface area contributed by atoms with E-state index in [-0.39, 0.29) is 11.3 Å². The first-order chi connectivity index (χ1) is 10.4. The number of barbiturate groups is 1. The fourth-order valence-electron chi connectivity index (χ4n) is 1.81.